The van der Waals surface area contributed by atoms with Crippen molar-refractivity contribution in [1.82, 2.24) is 0 Å². The topological polar surface area (TPSA) is 110 Å². The number of thiophene rings is 1. The number of carbonyl (C=O) groups excluding carboxylic acids is 3. The van der Waals surface area contributed by atoms with Crippen LogP contribution >= 0.6 is 11.3 Å². The molecule has 1 amide bonds. The molecule has 3 aliphatic rings. The zero-order valence-corrected chi connectivity index (χ0v) is 26.4. The van der Waals surface area contributed by atoms with Crippen molar-refractivity contribution in [2.75, 3.05) is 12.0 Å². The number of anilines is 1. The highest BCUT2D eigenvalue weighted by Gasteiger charge is 2.38. The van der Waals surface area contributed by atoms with Crippen LogP contribution in [0.5, 0.6) is 0 Å². The van der Waals surface area contributed by atoms with E-state index in [1.807, 2.05) is 24.8 Å². The number of aromatic carboxylic acids is 1. The summed E-state index contributed by atoms with van der Waals surface area (Å²) >= 11 is 1.28. The molecule has 8 nitrogen and oxygen atoms in total. The molecule has 4 rings (SSSR count). The van der Waals surface area contributed by atoms with Crippen LogP contribution in [0.3, 0.4) is 0 Å². The molecular formula is C33H47NO7S. The Labute approximate surface area is 253 Å². The Morgan fingerprint density at radius 2 is 1.71 bits per heavy atom. The average Bonchev–Trinajstić information content (AvgIpc) is 3.42. The monoisotopic (exact) mass is 601 g/mol. The van der Waals surface area contributed by atoms with Crippen LogP contribution in [0.25, 0.3) is 5.57 Å². The van der Waals surface area contributed by atoms with Crippen molar-refractivity contribution >= 4 is 46.4 Å². The number of carbonyl (C=O) groups is 4. The number of nitrogens with zero attached hydrogens (tertiary/aromatic N) is 1. The predicted octanol–water partition coefficient (Wildman–Crippen LogP) is 7.25. The molecule has 0 bridgehead atoms. The first kappa shape index (κ1) is 32.2. The predicted molar refractivity (Wildman–Crippen MR) is 163 cm³/mol. The van der Waals surface area contributed by atoms with Crippen LogP contribution in [0, 0.1) is 23.7 Å². The molecule has 1 atom stereocenters. The van der Waals surface area contributed by atoms with Crippen LogP contribution < -0.4 is 4.90 Å². The molecule has 232 valence electrons. The van der Waals surface area contributed by atoms with Gasteiger partial charge in [0.1, 0.15) is 11.0 Å². The molecule has 1 aromatic heterocycles. The van der Waals surface area contributed by atoms with Crippen LogP contribution in [0.15, 0.2) is 12.1 Å². The number of carboxylic acids is 1. The highest BCUT2D eigenvalue weighted by atomic mass is 32.1. The lowest BCUT2D eigenvalue weighted by atomic mass is 9.81. The fourth-order valence-electron chi connectivity index (χ4n) is 6.71. The number of esters is 2. The summed E-state index contributed by atoms with van der Waals surface area (Å²) in [6.07, 6.45) is 12.1. The molecule has 2 saturated carbocycles. The number of allylic oxidation sites excluding steroid dienone is 2. The highest BCUT2D eigenvalue weighted by Crippen LogP contribution is 2.42. The zero-order chi connectivity index (χ0) is 30.4. The number of hydrogen-bond acceptors (Lipinski definition) is 7. The van der Waals surface area contributed by atoms with Crippen molar-refractivity contribution in [1.29, 1.82) is 0 Å². The molecule has 0 spiro atoms. The van der Waals surface area contributed by atoms with E-state index in [0.29, 0.717) is 37.3 Å². The van der Waals surface area contributed by atoms with E-state index in [4.69, 9.17) is 9.47 Å². The van der Waals surface area contributed by atoms with Gasteiger partial charge in [0, 0.05) is 16.8 Å². The molecule has 42 heavy (non-hydrogen) atoms. The SMILES string of the molecule is COC(=O)C(CC(=O)OC1CCC(N(C(=O)C2CCC(C)CC2)c2cc(C3=CCCCC3)sc2C(=O)O)CC1)C(C)C. The number of methoxy groups -OCH3 is 1. The van der Waals surface area contributed by atoms with Crippen LogP contribution in [0.2, 0.25) is 0 Å². The third kappa shape index (κ3) is 7.82. The van der Waals surface area contributed by atoms with Crippen molar-refractivity contribution in [3.05, 3.63) is 21.9 Å². The van der Waals surface area contributed by atoms with Gasteiger partial charge < -0.3 is 19.5 Å². The molecule has 0 aromatic carbocycles. The maximum atomic E-state index is 14.2. The van der Waals surface area contributed by atoms with Gasteiger partial charge in [-0.25, -0.2) is 4.79 Å². The molecule has 9 heteroatoms. The third-order valence-corrected chi connectivity index (χ3v) is 10.6. The molecule has 1 N–H and O–H groups in total. The van der Waals surface area contributed by atoms with Gasteiger partial charge in [-0.1, -0.05) is 26.8 Å². The fourth-order valence-corrected chi connectivity index (χ4v) is 7.77. The number of carboxylic acid groups (broad SMARTS) is 1. The van der Waals surface area contributed by atoms with E-state index in [0.717, 1.165) is 56.2 Å². The molecule has 2 fully saturated rings. The molecule has 0 saturated heterocycles. The van der Waals surface area contributed by atoms with Crippen molar-refractivity contribution < 1.29 is 33.8 Å². The van der Waals surface area contributed by atoms with Gasteiger partial charge in [0.2, 0.25) is 5.91 Å². The lowest BCUT2D eigenvalue weighted by molar-refractivity contribution is -0.158. The van der Waals surface area contributed by atoms with Crippen LogP contribution in [-0.4, -0.2) is 48.2 Å². The van der Waals surface area contributed by atoms with E-state index in [1.165, 1.54) is 24.0 Å². The van der Waals surface area contributed by atoms with E-state index >= 15 is 0 Å². The van der Waals surface area contributed by atoms with Crippen LogP contribution in [0.4, 0.5) is 5.69 Å². The Bertz CT molecular complexity index is 1160. The Hall–Kier alpha value is -2.68. The zero-order valence-electron chi connectivity index (χ0n) is 25.6. The summed E-state index contributed by atoms with van der Waals surface area (Å²) in [5.41, 5.74) is 1.71. The Morgan fingerprint density at radius 1 is 1.02 bits per heavy atom. The largest absolute Gasteiger partial charge is 0.477 e. The summed E-state index contributed by atoms with van der Waals surface area (Å²) in [5.74, 6) is -1.90. The summed E-state index contributed by atoms with van der Waals surface area (Å²) in [6.45, 7) is 5.98. The highest BCUT2D eigenvalue weighted by molar-refractivity contribution is 7.15. The van der Waals surface area contributed by atoms with Gasteiger partial charge in [0.25, 0.3) is 0 Å². The summed E-state index contributed by atoms with van der Waals surface area (Å²) in [6, 6.07) is 1.78. The van der Waals surface area contributed by atoms with Gasteiger partial charge in [0.15, 0.2) is 0 Å². The first-order valence-electron chi connectivity index (χ1n) is 15.8. The van der Waals surface area contributed by atoms with Crippen molar-refractivity contribution in [2.45, 2.75) is 116 Å². The second-order valence-electron chi connectivity index (χ2n) is 12.8. The standard InChI is InChI=1S/C33H47NO7S/c1-20(2)26(33(39)40-4)18-29(35)41-25-16-14-24(15-17-25)34(31(36)23-12-10-21(3)11-13-23)27-19-28(42-30(27)32(37)38)22-8-6-5-7-9-22/h8,19-21,23-26H,5-7,9-18H2,1-4H3,(H,37,38). The maximum Gasteiger partial charge on any atom is 0.348 e. The third-order valence-electron chi connectivity index (χ3n) is 9.38. The Kier molecular flexibility index (Phi) is 11.3. The molecule has 0 radical (unpaired) electrons. The Balaban J connectivity index is 1.53. The Morgan fingerprint density at radius 3 is 2.29 bits per heavy atom. The van der Waals surface area contributed by atoms with E-state index in [2.05, 4.69) is 13.0 Å². The van der Waals surface area contributed by atoms with E-state index in [1.54, 1.807) is 0 Å². The second-order valence-corrected chi connectivity index (χ2v) is 13.8. The lowest BCUT2D eigenvalue weighted by Crippen LogP contribution is -2.47. The number of amides is 1. The lowest BCUT2D eigenvalue weighted by Gasteiger charge is -2.39. The van der Waals surface area contributed by atoms with Crippen molar-refractivity contribution in [3.63, 3.8) is 0 Å². The van der Waals surface area contributed by atoms with Crippen LogP contribution in [-0.2, 0) is 23.9 Å². The number of rotatable bonds is 10. The molecule has 3 aliphatic carbocycles. The normalized spacial score (nSPS) is 25.3. The van der Waals surface area contributed by atoms with Gasteiger partial charge in [-0.3, -0.25) is 14.4 Å². The first-order valence-corrected chi connectivity index (χ1v) is 16.6. The van der Waals surface area contributed by atoms with Gasteiger partial charge in [-0.2, -0.15) is 0 Å². The minimum atomic E-state index is -0.999. The first-order chi connectivity index (χ1) is 20.1. The smallest absolute Gasteiger partial charge is 0.348 e. The summed E-state index contributed by atoms with van der Waals surface area (Å²) in [4.78, 5) is 54.5. The summed E-state index contributed by atoms with van der Waals surface area (Å²) in [7, 11) is 1.32. The molecule has 0 aliphatic heterocycles. The minimum Gasteiger partial charge on any atom is -0.477 e. The van der Waals surface area contributed by atoms with Crippen LogP contribution in [0.1, 0.15) is 119 Å². The summed E-state index contributed by atoms with van der Waals surface area (Å²) < 4.78 is 10.6. The number of ether oxygens (including phenoxy) is 2. The number of hydrogen-bond donors (Lipinski definition) is 1. The van der Waals surface area contributed by atoms with Crippen molar-refractivity contribution in [2.24, 2.45) is 23.7 Å². The second kappa shape index (κ2) is 14.7. The quantitative estimate of drug-likeness (QED) is 0.281. The molecule has 1 heterocycles. The molecule has 1 aromatic rings. The maximum absolute atomic E-state index is 14.2. The fraction of sp³-hybridized carbons (Fsp3) is 0.697. The van der Waals surface area contributed by atoms with Gasteiger partial charge in [-0.15, -0.1) is 11.3 Å². The summed E-state index contributed by atoms with van der Waals surface area (Å²) in [5, 5.41) is 10.2. The van der Waals surface area contributed by atoms with Gasteiger partial charge >= 0.3 is 17.9 Å². The van der Waals surface area contributed by atoms with Gasteiger partial charge in [0.05, 0.1) is 25.1 Å². The van der Waals surface area contributed by atoms with Crippen molar-refractivity contribution in [3.8, 4) is 0 Å². The van der Waals surface area contributed by atoms with E-state index in [9.17, 15) is 24.3 Å². The minimum absolute atomic E-state index is 0.0233. The van der Waals surface area contributed by atoms with E-state index < -0.39 is 23.8 Å². The van der Waals surface area contributed by atoms with E-state index in [-0.39, 0.29) is 41.2 Å². The average molecular weight is 602 g/mol. The molecule has 1 unspecified atom stereocenters. The van der Waals surface area contributed by atoms with Gasteiger partial charge in [-0.05, 0) is 101 Å². The molecular weight excluding hydrogens is 554 g/mol.